The summed E-state index contributed by atoms with van der Waals surface area (Å²) in [5, 5.41) is 5.43. The van der Waals surface area contributed by atoms with E-state index in [9.17, 15) is 0 Å². The Hall–Kier alpha value is -5.84. The summed E-state index contributed by atoms with van der Waals surface area (Å²) in [6.07, 6.45) is 3.83. The summed E-state index contributed by atoms with van der Waals surface area (Å²) in [6, 6.07) is 52.8. The normalized spacial score (nSPS) is 11.6. The third kappa shape index (κ3) is 4.34. The maximum Gasteiger partial charge on any atom is 0.136 e. The summed E-state index contributed by atoms with van der Waals surface area (Å²) >= 11 is 0. The van der Waals surface area contributed by atoms with Crippen molar-refractivity contribution < 1.29 is 25.5 Å². The molecule has 9 aromatic rings. The SMILES string of the molecule is [Pt].[c-]1c2ccnc1n1[cH-]n(c3ccccc3c3ccccc3c3cccc(n3)n3c4[c-]c(ccc4c4ccccc43)o2)-c2ccccc2-1. The molecule has 0 unspecified atom stereocenters. The van der Waals surface area contributed by atoms with Crippen LogP contribution in [0.4, 0.5) is 0 Å². The Morgan fingerprint density at radius 3 is 2.04 bits per heavy atom. The molecule has 0 radical (unpaired) electrons. The van der Waals surface area contributed by atoms with E-state index in [-0.39, 0.29) is 21.1 Å². The molecule has 4 aromatic heterocycles. The van der Waals surface area contributed by atoms with Crippen molar-refractivity contribution in [2.24, 2.45) is 0 Å². The molecule has 0 amide bonds. The van der Waals surface area contributed by atoms with Gasteiger partial charge in [-0.15, -0.1) is 17.5 Å². The fraction of sp³-hybridized carbons (Fsp3) is 0. The molecule has 0 spiro atoms. The van der Waals surface area contributed by atoms with Crippen LogP contribution in [0.15, 0.2) is 150 Å². The Balaban J connectivity index is 0.00000314. The Morgan fingerprint density at radius 1 is 0.542 bits per heavy atom. The minimum Gasteiger partial charge on any atom is -0.522 e. The van der Waals surface area contributed by atoms with E-state index >= 15 is 0 Å². The molecule has 10 rings (SSSR count). The largest absolute Gasteiger partial charge is 0.522 e. The van der Waals surface area contributed by atoms with Gasteiger partial charge in [-0.2, -0.15) is 12.1 Å². The smallest absolute Gasteiger partial charge is 0.136 e. The molecule has 1 aliphatic heterocycles. The van der Waals surface area contributed by atoms with Crippen molar-refractivity contribution >= 4 is 71.5 Å². The number of pyridine rings is 2. The van der Waals surface area contributed by atoms with Gasteiger partial charge in [0, 0.05) is 43.9 Å². The summed E-state index contributed by atoms with van der Waals surface area (Å²) in [6.45, 7) is 0. The molecule has 1 aliphatic rings. The summed E-state index contributed by atoms with van der Waals surface area (Å²) in [5.41, 5.74) is 8.48. The first-order valence-corrected chi connectivity index (χ1v) is 15.5. The number of hydrogen-bond donors (Lipinski definition) is 0. The van der Waals surface area contributed by atoms with Crippen LogP contribution in [0, 0.1) is 12.1 Å². The number of aromatic nitrogens is 5. The molecule has 0 fully saturated rings. The molecule has 48 heavy (non-hydrogen) atoms. The van der Waals surface area contributed by atoms with E-state index in [2.05, 4.69) is 147 Å². The van der Waals surface area contributed by atoms with Gasteiger partial charge in [-0.05, 0) is 62.5 Å². The van der Waals surface area contributed by atoms with Crippen molar-refractivity contribution in [3.05, 3.63) is 158 Å². The number of nitrogens with zero attached hydrogens (tertiary/aromatic N) is 5. The van der Waals surface area contributed by atoms with Gasteiger partial charge in [-0.25, -0.2) is 11.1 Å². The van der Waals surface area contributed by atoms with Crippen molar-refractivity contribution in [3.63, 3.8) is 0 Å². The van der Waals surface area contributed by atoms with Crippen molar-refractivity contribution in [2.45, 2.75) is 0 Å². The zero-order chi connectivity index (χ0) is 30.9. The molecular weight excluding hydrogens is 774 g/mol. The molecule has 8 bridgehead atoms. The molecule has 0 atom stereocenters. The van der Waals surface area contributed by atoms with Gasteiger partial charge in [0.05, 0.1) is 5.52 Å². The predicted molar refractivity (Wildman–Crippen MR) is 189 cm³/mol. The summed E-state index contributed by atoms with van der Waals surface area (Å²) in [5.74, 6) is 0. The van der Waals surface area contributed by atoms with Crippen LogP contribution < -0.4 is 0 Å². The Kier molecular flexibility index (Phi) is 6.59. The number of imidazole rings is 1. The van der Waals surface area contributed by atoms with Crippen LogP contribution in [0.1, 0.15) is 0 Å². The van der Waals surface area contributed by atoms with E-state index in [1.165, 1.54) is 0 Å². The quantitative estimate of drug-likeness (QED) is 0.144. The van der Waals surface area contributed by atoms with Gasteiger partial charge in [0.25, 0.3) is 0 Å². The molecule has 0 saturated carbocycles. The number of rotatable bonds is 0. The van der Waals surface area contributed by atoms with Crippen LogP contribution in [0.2, 0.25) is 0 Å². The second-order valence-corrected chi connectivity index (χ2v) is 11.6. The average Bonchev–Trinajstić information content (AvgIpc) is 3.68. The first kappa shape index (κ1) is 28.4. The van der Waals surface area contributed by atoms with Crippen molar-refractivity contribution in [2.75, 3.05) is 0 Å². The molecule has 0 saturated heterocycles. The van der Waals surface area contributed by atoms with Gasteiger partial charge in [0.2, 0.25) is 0 Å². The van der Waals surface area contributed by atoms with Crippen molar-refractivity contribution in [1.82, 2.24) is 23.5 Å². The maximum atomic E-state index is 6.43. The van der Waals surface area contributed by atoms with Gasteiger partial charge in [0.1, 0.15) is 5.65 Å². The molecule has 0 aliphatic carbocycles. The van der Waals surface area contributed by atoms with Crippen LogP contribution in [0.5, 0.6) is 0 Å². The second-order valence-electron chi connectivity index (χ2n) is 11.6. The van der Waals surface area contributed by atoms with Crippen LogP contribution in [-0.4, -0.2) is 23.5 Å². The van der Waals surface area contributed by atoms with E-state index in [0.29, 0.717) is 16.8 Å². The van der Waals surface area contributed by atoms with Gasteiger partial charge < -0.3 is 22.9 Å². The van der Waals surface area contributed by atoms with Crippen LogP contribution >= 0.6 is 0 Å². The Bertz CT molecular complexity index is 2940. The first-order chi connectivity index (χ1) is 23.3. The Morgan fingerprint density at radius 2 is 1.21 bits per heavy atom. The monoisotopic (exact) mass is 797 g/mol. The molecule has 232 valence electrons. The van der Waals surface area contributed by atoms with E-state index < -0.39 is 0 Å². The predicted octanol–water partition coefficient (Wildman–Crippen LogP) is 9.83. The van der Waals surface area contributed by atoms with Gasteiger partial charge in [0.15, 0.2) is 0 Å². The van der Waals surface area contributed by atoms with E-state index in [4.69, 9.17) is 14.4 Å². The van der Waals surface area contributed by atoms with Crippen molar-refractivity contribution in [3.8, 4) is 11.4 Å². The third-order valence-corrected chi connectivity index (χ3v) is 8.91. The van der Waals surface area contributed by atoms with E-state index in [0.717, 1.165) is 66.0 Å². The molecule has 6 nitrogen and oxygen atoms in total. The minimum absolute atomic E-state index is 0. The van der Waals surface area contributed by atoms with Crippen LogP contribution in [0.25, 0.3) is 82.8 Å². The van der Waals surface area contributed by atoms with E-state index in [1.807, 2.05) is 18.2 Å². The number of benzene rings is 5. The molecule has 5 aromatic carbocycles. The molecule has 5 heterocycles. The minimum atomic E-state index is 0. The molecule has 0 N–H and O–H groups in total. The molecular formula is C41H24N5OPt-3. The number of hydrogen-bond acceptors (Lipinski definition) is 3. The maximum absolute atomic E-state index is 6.43. The summed E-state index contributed by atoms with van der Waals surface area (Å²) in [7, 11) is 0. The zero-order valence-electron chi connectivity index (χ0n) is 25.3. The van der Waals surface area contributed by atoms with Crippen molar-refractivity contribution in [1.29, 1.82) is 0 Å². The average molecular weight is 798 g/mol. The van der Waals surface area contributed by atoms with Crippen LogP contribution in [-0.2, 0) is 21.1 Å². The van der Waals surface area contributed by atoms with Crippen LogP contribution in [0.3, 0.4) is 0 Å². The summed E-state index contributed by atoms with van der Waals surface area (Å²) in [4.78, 5) is 10.0. The standard InChI is InChI=1S/C41H24N5O.Pt/c1-2-11-30-29(10-1)31-12-3-5-15-35(31)44-26-45(38-18-8-7-17-37(38)44)41-25-28(22-23-42-41)47-27-20-21-33-32-13-4-6-16-36(32)46(39(33)24-27)40-19-9-14-34(30)43-40;/h1-23,26H;/q-3;. The van der Waals surface area contributed by atoms with Gasteiger partial charge in [-0.1, -0.05) is 109 Å². The van der Waals surface area contributed by atoms with E-state index in [1.54, 1.807) is 6.20 Å². The summed E-state index contributed by atoms with van der Waals surface area (Å²) < 4.78 is 12.9. The van der Waals surface area contributed by atoms with Gasteiger partial charge >= 0.3 is 0 Å². The van der Waals surface area contributed by atoms with Gasteiger partial charge in [-0.3, -0.25) is 0 Å². The fourth-order valence-corrected chi connectivity index (χ4v) is 6.85. The fourth-order valence-electron chi connectivity index (χ4n) is 6.85. The topological polar surface area (TPSA) is 53.2 Å². The molecule has 7 heteroatoms. The zero-order valence-corrected chi connectivity index (χ0v) is 27.6. The second kappa shape index (κ2) is 11.1. The number of para-hydroxylation sites is 4. The number of fused-ring (bicyclic) bond motifs is 20. The Labute approximate surface area is 288 Å². The first-order valence-electron chi connectivity index (χ1n) is 15.5. The third-order valence-electron chi connectivity index (χ3n) is 8.91.